The molecule has 1 saturated carbocycles. The molecule has 0 unspecified atom stereocenters. The normalized spacial score (nSPS) is 13.4. The van der Waals surface area contributed by atoms with Crippen LogP contribution in [0.25, 0.3) is 0 Å². The van der Waals surface area contributed by atoms with E-state index in [0.29, 0.717) is 24.0 Å². The van der Waals surface area contributed by atoms with E-state index in [1.807, 2.05) is 24.0 Å². The van der Waals surface area contributed by atoms with Gasteiger partial charge < -0.3 is 14.4 Å². The van der Waals surface area contributed by atoms with Crippen molar-refractivity contribution in [3.63, 3.8) is 0 Å². The highest BCUT2D eigenvalue weighted by Crippen LogP contribution is 2.42. The fourth-order valence-corrected chi connectivity index (χ4v) is 2.96. The van der Waals surface area contributed by atoms with E-state index in [2.05, 4.69) is 11.7 Å². The van der Waals surface area contributed by atoms with E-state index >= 15 is 0 Å². The predicted octanol–water partition coefficient (Wildman–Crippen LogP) is 3.03. The molecule has 1 heterocycles. The number of hydrogen-bond donors (Lipinski definition) is 0. The maximum Gasteiger partial charge on any atom is 0.250 e. The molecule has 2 aromatic rings. The first-order chi connectivity index (χ1) is 12.1. The Morgan fingerprint density at radius 2 is 2.08 bits per heavy atom. The predicted molar refractivity (Wildman–Crippen MR) is 96.1 cm³/mol. The number of carbonyl (C=O) groups excluding carboxylic acids is 1. The summed E-state index contributed by atoms with van der Waals surface area (Å²) in [4.78, 5) is 14.2. The van der Waals surface area contributed by atoms with E-state index in [9.17, 15) is 4.79 Å². The van der Waals surface area contributed by atoms with Crippen molar-refractivity contribution in [1.82, 2.24) is 9.78 Å². The molecule has 3 rings (SSSR count). The number of aryl methyl sites for hydroxylation is 1. The molecule has 0 spiro atoms. The van der Waals surface area contributed by atoms with Crippen LogP contribution in [0.5, 0.6) is 11.5 Å². The van der Waals surface area contributed by atoms with Gasteiger partial charge in [0.2, 0.25) is 0 Å². The lowest BCUT2D eigenvalue weighted by Gasteiger charge is -2.23. The minimum absolute atomic E-state index is 0.171. The monoisotopic (exact) mass is 341 g/mol. The molecule has 6 heteroatoms. The molecule has 0 aliphatic heterocycles. The van der Waals surface area contributed by atoms with Crippen molar-refractivity contribution >= 4 is 11.6 Å². The second-order valence-electron chi connectivity index (χ2n) is 6.11. The Bertz CT molecular complexity index is 793. The molecule has 25 heavy (non-hydrogen) atoms. The third-order valence-electron chi connectivity index (χ3n) is 4.54. The van der Waals surface area contributed by atoms with Gasteiger partial charge in [-0.15, -0.1) is 0 Å². The number of aromatic nitrogens is 2. The SMILES string of the molecule is C=CC(=O)N(Cc1c(C2CC2)cnn1C)c1ccc(OC)c(OC)c1. The van der Waals surface area contributed by atoms with Gasteiger partial charge in [0.1, 0.15) is 0 Å². The molecule has 1 amide bonds. The van der Waals surface area contributed by atoms with Crippen molar-refractivity contribution in [1.29, 1.82) is 0 Å². The van der Waals surface area contributed by atoms with Crippen molar-refractivity contribution in [2.45, 2.75) is 25.3 Å². The zero-order valence-electron chi connectivity index (χ0n) is 14.9. The third-order valence-corrected chi connectivity index (χ3v) is 4.54. The second-order valence-corrected chi connectivity index (χ2v) is 6.11. The zero-order chi connectivity index (χ0) is 18.0. The van der Waals surface area contributed by atoms with Crippen LogP contribution >= 0.6 is 0 Å². The summed E-state index contributed by atoms with van der Waals surface area (Å²) in [6.45, 7) is 4.07. The average molecular weight is 341 g/mol. The van der Waals surface area contributed by atoms with Crippen molar-refractivity contribution in [3.8, 4) is 11.5 Å². The molecule has 1 fully saturated rings. The van der Waals surface area contributed by atoms with Crippen LogP contribution in [0.2, 0.25) is 0 Å². The molecule has 1 aliphatic carbocycles. The number of benzene rings is 1. The summed E-state index contributed by atoms with van der Waals surface area (Å²) in [5.74, 6) is 1.59. The molecular formula is C19H23N3O3. The number of nitrogens with zero attached hydrogens (tertiary/aromatic N) is 3. The molecule has 0 atom stereocenters. The van der Waals surface area contributed by atoms with Crippen LogP contribution in [-0.2, 0) is 18.4 Å². The van der Waals surface area contributed by atoms with Crippen LogP contribution in [0.4, 0.5) is 5.69 Å². The number of anilines is 1. The van der Waals surface area contributed by atoms with Crippen LogP contribution in [0.3, 0.4) is 0 Å². The highest BCUT2D eigenvalue weighted by molar-refractivity contribution is 6.01. The van der Waals surface area contributed by atoms with Crippen molar-refractivity contribution in [2.24, 2.45) is 7.05 Å². The lowest BCUT2D eigenvalue weighted by molar-refractivity contribution is -0.114. The number of amides is 1. The molecule has 1 aromatic heterocycles. The number of ether oxygens (including phenoxy) is 2. The quantitative estimate of drug-likeness (QED) is 0.727. The van der Waals surface area contributed by atoms with E-state index in [-0.39, 0.29) is 5.91 Å². The van der Waals surface area contributed by atoms with E-state index in [1.54, 1.807) is 31.3 Å². The topological polar surface area (TPSA) is 56.6 Å². The second kappa shape index (κ2) is 7.01. The van der Waals surface area contributed by atoms with Crippen molar-refractivity contribution in [2.75, 3.05) is 19.1 Å². The lowest BCUT2D eigenvalue weighted by Crippen LogP contribution is -2.30. The summed E-state index contributed by atoms with van der Waals surface area (Å²) in [6, 6.07) is 5.44. The van der Waals surface area contributed by atoms with E-state index < -0.39 is 0 Å². The summed E-state index contributed by atoms with van der Waals surface area (Å²) in [5.41, 5.74) is 3.00. The maximum absolute atomic E-state index is 12.5. The third kappa shape index (κ3) is 3.38. The summed E-state index contributed by atoms with van der Waals surface area (Å²) in [6.07, 6.45) is 5.61. The van der Waals surface area contributed by atoms with Crippen molar-refractivity contribution < 1.29 is 14.3 Å². The van der Waals surface area contributed by atoms with Crippen molar-refractivity contribution in [3.05, 3.63) is 48.3 Å². The van der Waals surface area contributed by atoms with Gasteiger partial charge >= 0.3 is 0 Å². The molecular weight excluding hydrogens is 318 g/mol. The zero-order valence-corrected chi connectivity index (χ0v) is 14.9. The van der Waals surface area contributed by atoms with Gasteiger partial charge in [0.25, 0.3) is 5.91 Å². The number of carbonyl (C=O) groups is 1. The average Bonchev–Trinajstić information content (AvgIpc) is 3.42. The Labute approximate surface area is 147 Å². The highest BCUT2D eigenvalue weighted by Gasteiger charge is 2.29. The fourth-order valence-electron chi connectivity index (χ4n) is 2.96. The summed E-state index contributed by atoms with van der Waals surface area (Å²) >= 11 is 0. The Hall–Kier alpha value is -2.76. The molecule has 0 N–H and O–H groups in total. The molecule has 0 saturated heterocycles. The van der Waals surface area contributed by atoms with E-state index in [0.717, 1.165) is 11.4 Å². The standard InChI is InChI=1S/C19H23N3O3/c1-5-19(23)22(14-8-9-17(24-3)18(10-14)25-4)12-16-15(13-6-7-13)11-20-21(16)2/h5,8-11,13H,1,6-7,12H2,2-4H3. The van der Waals surface area contributed by atoms with E-state index in [4.69, 9.17) is 9.47 Å². The van der Waals surface area contributed by atoms with Gasteiger partial charge in [-0.2, -0.15) is 5.10 Å². The van der Waals surface area contributed by atoms with Gasteiger partial charge in [0, 0.05) is 18.8 Å². The number of hydrogen-bond acceptors (Lipinski definition) is 4. The number of rotatable bonds is 7. The summed E-state index contributed by atoms with van der Waals surface area (Å²) in [5, 5.41) is 4.38. The van der Waals surface area contributed by atoms with Crippen LogP contribution in [-0.4, -0.2) is 29.9 Å². The molecule has 132 valence electrons. The fraction of sp³-hybridized carbons (Fsp3) is 0.368. The van der Waals surface area contributed by atoms with Gasteiger partial charge in [-0.1, -0.05) is 6.58 Å². The Morgan fingerprint density at radius 3 is 2.68 bits per heavy atom. The largest absolute Gasteiger partial charge is 0.493 e. The van der Waals surface area contributed by atoms with Gasteiger partial charge in [0.05, 0.1) is 32.7 Å². The molecule has 1 aromatic carbocycles. The summed E-state index contributed by atoms with van der Waals surface area (Å²) < 4.78 is 12.5. The minimum atomic E-state index is -0.171. The van der Waals surface area contributed by atoms with Gasteiger partial charge in [-0.05, 0) is 42.5 Å². The molecule has 6 nitrogen and oxygen atoms in total. The van der Waals surface area contributed by atoms with E-state index in [1.165, 1.54) is 24.5 Å². The minimum Gasteiger partial charge on any atom is -0.493 e. The smallest absolute Gasteiger partial charge is 0.250 e. The first-order valence-corrected chi connectivity index (χ1v) is 8.25. The maximum atomic E-state index is 12.5. The van der Waals surface area contributed by atoms with Gasteiger partial charge in [-0.3, -0.25) is 9.48 Å². The Morgan fingerprint density at radius 1 is 1.36 bits per heavy atom. The van der Waals surface area contributed by atoms with Gasteiger partial charge in [0.15, 0.2) is 11.5 Å². The molecule has 0 bridgehead atoms. The van der Waals surface area contributed by atoms with Gasteiger partial charge in [-0.25, -0.2) is 0 Å². The molecule has 1 aliphatic rings. The van der Waals surface area contributed by atoms with Crippen LogP contribution in [0.15, 0.2) is 37.1 Å². The molecule has 0 radical (unpaired) electrons. The number of methoxy groups -OCH3 is 2. The Kier molecular flexibility index (Phi) is 4.79. The Balaban J connectivity index is 1.97. The first-order valence-electron chi connectivity index (χ1n) is 8.25. The van der Waals surface area contributed by atoms with Crippen LogP contribution < -0.4 is 14.4 Å². The lowest BCUT2D eigenvalue weighted by atomic mass is 10.1. The first kappa shape index (κ1) is 17.1. The highest BCUT2D eigenvalue weighted by atomic mass is 16.5. The van der Waals surface area contributed by atoms with Crippen LogP contribution in [0.1, 0.15) is 30.0 Å². The van der Waals surface area contributed by atoms with Crippen LogP contribution in [0, 0.1) is 0 Å². The summed E-state index contributed by atoms with van der Waals surface area (Å²) in [7, 11) is 5.07.